The predicted octanol–water partition coefficient (Wildman–Crippen LogP) is 1.03. The number of unbranched alkanes of at least 4 members (excludes halogenated alkanes) is 1. The normalized spacial score (nSPS) is 11.9. The van der Waals surface area contributed by atoms with Gasteiger partial charge in [-0.1, -0.05) is 13.3 Å². The SMILES string of the molecule is CCCCOC(=O)CCC(O)COC(C)=O. The van der Waals surface area contributed by atoms with Crippen molar-refractivity contribution in [1.29, 1.82) is 0 Å². The molecule has 16 heavy (non-hydrogen) atoms. The summed E-state index contributed by atoms with van der Waals surface area (Å²) in [5.74, 6) is -0.764. The van der Waals surface area contributed by atoms with Gasteiger partial charge in [-0.3, -0.25) is 9.59 Å². The first-order valence-corrected chi connectivity index (χ1v) is 5.53. The van der Waals surface area contributed by atoms with Crippen LogP contribution in [0.3, 0.4) is 0 Å². The number of hydrogen-bond acceptors (Lipinski definition) is 5. The maximum atomic E-state index is 11.1. The van der Waals surface area contributed by atoms with E-state index < -0.39 is 12.1 Å². The molecule has 0 heterocycles. The number of aliphatic hydroxyl groups excluding tert-OH is 1. The van der Waals surface area contributed by atoms with E-state index in [-0.39, 0.29) is 25.4 Å². The Morgan fingerprint density at radius 1 is 1.31 bits per heavy atom. The van der Waals surface area contributed by atoms with Crippen molar-refractivity contribution in [2.75, 3.05) is 13.2 Å². The van der Waals surface area contributed by atoms with Crippen LogP contribution >= 0.6 is 0 Å². The zero-order valence-corrected chi connectivity index (χ0v) is 9.90. The van der Waals surface area contributed by atoms with Crippen LogP contribution in [-0.4, -0.2) is 36.4 Å². The summed E-state index contributed by atoms with van der Waals surface area (Å²) in [5, 5.41) is 9.33. The lowest BCUT2D eigenvalue weighted by molar-refractivity contribution is -0.145. The van der Waals surface area contributed by atoms with Crippen molar-refractivity contribution in [3.8, 4) is 0 Å². The number of ether oxygens (including phenoxy) is 2. The lowest BCUT2D eigenvalue weighted by Gasteiger charge is -2.09. The minimum Gasteiger partial charge on any atom is -0.466 e. The summed E-state index contributed by atoms with van der Waals surface area (Å²) < 4.78 is 9.49. The number of carbonyl (C=O) groups excluding carboxylic acids is 2. The zero-order chi connectivity index (χ0) is 12.4. The highest BCUT2D eigenvalue weighted by Gasteiger charge is 2.10. The maximum absolute atomic E-state index is 11.1. The summed E-state index contributed by atoms with van der Waals surface area (Å²) in [7, 11) is 0. The molecule has 1 unspecified atom stereocenters. The molecule has 0 aliphatic rings. The highest BCUT2D eigenvalue weighted by molar-refractivity contribution is 5.69. The lowest BCUT2D eigenvalue weighted by atomic mass is 10.2. The van der Waals surface area contributed by atoms with Crippen molar-refractivity contribution in [3.05, 3.63) is 0 Å². The number of esters is 2. The van der Waals surface area contributed by atoms with Crippen molar-refractivity contribution in [3.63, 3.8) is 0 Å². The minimum absolute atomic E-state index is 0.0719. The van der Waals surface area contributed by atoms with E-state index in [0.717, 1.165) is 12.8 Å². The Morgan fingerprint density at radius 2 is 2.00 bits per heavy atom. The van der Waals surface area contributed by atoms with Gasteiger partial charge in [0.05, 0.1) is 12.7 Å². The van der Waals surface area contributed by atoms with Gasteiger partial charge in [-0.25, -0.2) is 0 Å². The molecule has 0 aliphatic heterocycles. The van der Waals surface area contributed by atoms with E-state index in [1.54, 1.807) is 0 Å². The van der Waals surface area contributed by atoms with Crippen LogP contribution in [0.5, 0.6) is 0 Å². The summed E-state index contributed by atoms with van der Waals surface area (Å²) in [6, 6.07) is 0. The standard InChI is InChI=1S/C11H20O5/c1-3-4-7-15-11(14)6-5-10(13)8-16-9(2)12/h10,13H,3-8H2,1-2H3. The summed E-state index contributed by atoms with van der Waals surface area (Å²) in [5.41, 5.74) is 0. The molecule has 0 saturated heterocycles. The fourth-order valence-electron chi connectivity index (χ4n) is 0.984. The summed E-state index contributed by atoms with van der Waals surface area (Å²) in [4.78, 5) is 21.6. The molecule has 0 saturated carbocycles. The van der Waals surface area contributed by atoms with Gasteiger partial charge in [0.2, 0.25) is 0 Å². The average molecular weight is 232 g/mol. The highest BCUT2D eigenvalue weighted by Crippen LogP contribution is 2.01. The van der Waals surface area contributed by atoms with Gasteiger partial charge in [-0.05, 0) is 12.8 Å². The molecule has 0 fully saturated rings. The monoisotopic (exact) mass is 232 g/mol. The zero-order valence-electron chi connectivity index (χ0n) is 9.90. The molecule has 94 valence electrons. The van der Waals surface area contributed by atoms with Gasteiger partial charge in [0.25, 0.3) is 0 Å². The number of aliphatic hydroxyl groups is 1. The molecule has 0 aliphatic carbocycles. The number of carbonyl (C=O) groups is 2. The van der Waals surface area contributed by atoms with Crippen LogP contribution in [-0.2, 0) is 19.1 Å². The van der Waals surface area contributed by atoms with E-state index in [4.69, 9.17) is 4.74 Å². The summed E-state index contributed by atoms with van der Waals surface area (Å²) in [6.07, 6.45) is 1.41. The number of rotatable bonds is 8. The quantitative estimate of drug-likeness (QED) is 0.500. The van der Waals surface area contributed by atoms with Crippen LogP contribution in [0.25, 0.3) is 0 Å². The molecule has 1 atom stereocenters. The molecular weight excluding hydrogens is 212 g/mol. The number of hydrogen-bond donors (Lipinski definition) is 1. The van der Waals surface area contributed by atoms with E-state index in [1.807, 2.05) is 6.92 Å². The van der Waals surface area contributed by atoms with E-state index in [9.17, 15) is 14.7 Å². The Morgan fingerprint density at radius 3 is 2.56 bits per heavy atom. The van der Waals surface area contributed by atoms with Crippen LogP contribution < -0.4 is 0 Å². The van der Waals surface area contributed by atoms with Crippen molar-refractivity contribution in [2.24, 2.45) is 0 Å². The molecule has 5 nitrogen and oxygen atoms in total. The third-order valence-electron chi connectivity index (χ3n) is 1.92. The van der Waals surface area contributed by atoms with Gasteiger partial charge in [-0.15, -0.1) is 0 Å². The molecule has 1 N–H and O–H groups in total. The highest BCUT2D eigenvalue weighted by atomic mass is 16.5. The van der Waals surface area contributed by atoms with Gasteiger partial charge in [0.1, 0.15) is 6.61 Å². The van der Waals surface area contributed by atoms with E-state index in [2.05, 4.69) is 4.74 Å². The third kappa shape index (κ3) is 9.45. The first-order chi connectivity index (χ1) is 7.56. The molecule has 5 heteroatoms. The van der Waals surface area contributed by atoms with Crippen LogP contribution in [0.15, 0.2) is 0 Å². The Balaban J connectivity index is 3.47. The van der Waals surface area contributed by atoms with Gasteiger partial charge >= 0.3 is 11.9 Å². The smallest absolute Gasteiger partial charge is 0.305 e. The van der Waals surface area contributed by atoms with Crippen molar-refractivity contribution in [2.45, 2.75) is 45.6 Å². The molecule has 0 bridgehead atoms. The van der Waals surface area contributed by atoms with Crippen molar-refractivity contribution < 1.29 is 24.2 Å². The second-order valence-corrected chi connectivity index (χ2v) is 3.57. The average Bonchev–Trinajstić information content (AvgIpc) is 2.24. The Hall–Kier alpha value is -1.10. The fraction of sp³-hybridized carbons (Fsp3) is 0.818. The van der Waals surface area contributed by atoms with Gasteiger partial charge in [-0.2, -0.15) is 0 Å². The van der Waals surface area contributed by atoms with Crippen LogP contribution in [0, 0.1) is 0 Å². The molecule has 0 radical (unpaired) electrons. The van der Waals surface area contributed by atoms with Crippen LogP contribution in [0.2, 0.25) is 0 Å². The molecule has 0 aromatic rings. The molecular formula is C11H20O5. The molecule has 0 spiro atoms. The first kappa shape index (κ1) is 14.9. The van der Waals surface area contributed by atoms with Gasteiger partial charge in [0, 0.05) is 13.3 Å². The molecule has 0 aromatic carbocycles. The largest absolute Gasteiger partial charge is 0.466 e. The molecule has 0 amide bonds. The van der Waals surface area contributed by atoms with E-state index >= 15 is 0 Å². The summed E-state index contributed by atoms with van der Waals surface area (Å²) >= 11 is 0. The molecule has 0 rings (SSSR count). The minimum atomic E-state index is -0.803. The second-order valence-electron chi connectivity index (χ2n) is 3.57. The van der Waals surface area contributed by atoms with Crippen LogP contribution in [0.1, 0.15) is 39.5 Å². The van der Waals surface area contributed by atoms with Crippen molar-refractivity contribution in [1.82, 2.24) is 0 Å². The Kier molecular flexibility index (Phi) is 8.52. The summed E-state index contributed by atoms with van der Waals surface area (Å²) in [6.45, 7) is 3.63. The van der Waals surface area contributed by atoms with E-state index in [1.165, 1.54) is 6.92 Å². The Labute approximate surface area is 95.7 Å². The van der Waals surface area contributed by atoms with E-state index in [0.29, 0.717) is 6.61 Å². The van der Waals surface area contributed by atoms with Crippen LogP contribution in [0.4, 0.5) is 0 Å². The Bertz CT molecular complexity index is 214. The van der Waals surface area contributed by atoms with Gasteiger partial charge in [0.15, 0.2) is 0 Å². The fourth-order valence-corrected chi connectivity index (χ4v) is 0.984. The lowest BCUT2D eigenvalue weighted by Crippen LogP contribution is -2.19. The predicted molar refractivity (Wildman–Crippen MR) is 57.7 cm³/mol. The first-order valence-electron chi connectivity index (χ1n) is 5.53. The maximum Gasteiger partial charge on any atom is 0.305 e. The second kappa shape index (κ2) is 9.15. The van der Waals surface area contributed by atoms with Crippen molar-refractivity contribution >= 4 is 11.9 Å². The molecule has 0 aromatic heterocycles. The topological polar surface area (TPSA) is 72.8 Å². The van der Waals surface area contributed by atoms with Gasteiger partial charge < -0.3 is 14.6 Å². The third-order valence-corrected chi connectivity index (χ3v) is 1.92.